The molecule has 3 nitrogen and oxygen atoms in total. The minimum atomic E-state index is 0.118. The lowest BCUT2D eigenvalue weighted by Gasteiger charge is -2.37. The molecule has 1 aliphatic heterocycles. The van der Waals surface area contributed by atoms with Crippen molar-refractivity contribution >= 4 is 5.91 Å². The number of hydrogen-bond donors (Lipinski definition) is 1. The van der Waals surface area contributed by atoms with Crippen LogP contribution in [0.2, 0.25) is 0 Å². The number of hydrogen-bond acceptors (Lipinski definition) is 2. The van der Waals surface area contributed by atoms with Crippen LogP contribution in [0.5, 0.6) is 0 Å². The van der Waals surface area contributed by atoms with E-state index in [2.05, 4.69) is 0 Å². The Morgan fingerprint density at radius 1 is 1.33 bits per heavy atom. The molecule has 0 bridgehead atoms. The van der Waals surface area contributed by atoms with Crippen LogP contribution in [-0.2, 0) is 0 Å². The lowest BCUT2D eigenvalue weighted by atomic mass is 9.99. The third-order valence-electron chi connectivity index (χ3n) is 2.89. The van der Waals surface area contributed by atoms with E-state index in [-0.39, 0.29) is 11.9 Å². The van der Waals surface area contributed by atoms with Gasteiger partial charge in [0.25, 0.3) is 5.91 Å². The summed E-state index contributed by atoms with van der Waals surface area (Å²) >= 11 is 0. The second-order valence-corrected chi connectivity index (χ2v) is 4.24. The van der Waals surface area contributed by atoms with Gasteiger partial charge in [0.1, 0.15) is 0 Å². The van der Waals surface area contributed by atoms with Gasteiger partial charge in [0, 0.05) is 24.7 Å². The van der Waals surface area contributed by atoms with E-state index in [0.29, 0.717) is 13.1 Å². The van der Waals surface area contributed by atoms with Crippen LogP contribution in [0, 0.1) is 13.8 Å². The summed E-state index contributed by atoms with van der Waals surface area (Å²) in [7, 11) is 0. The van der Waals surface area contributed by atoms with Crippen molar-refractivity contribution in [3.05, 3.63) is 34.9 Å². The molecule has 0 unspecified atom stereocenters. The number of carbonyl (C=O) groups excluding carboxylic acids is 1. The van der Waals surface area contributed by atoms with Crippen molar-refractivity contribution in [3.63, 3.8) is 0 Å². The van der Waals surface area contributed by atoms with Crippen LogP contribution in [0.25, 0.3) is 0 Å². The summed E-state index contributed by atoms with van der Waals surface area (Å²) in [6.07, 6.45) is 0. The highest BCUT2D eigenvalue weighted by Gasteiger charge is 2.29. The molecule has 1 amide bonds. The van der Waals surface area contributed by atoms with E-state index >= 15 is 0 Å². The standard InChI is InChI=1S/C12H16N2O/c1-8-4-3-5-9(2)11(8)12(15)14-6-10(13)7-14/h3-5,10H,6-7,13H2,1-2H3. The Morgan fingerprint density at radius 3 is 2.33 bits per heavy atom. The van der Waals surface area contributed by atoms with Crippen molar-refractivity contribution in [2.24, 2.45) is 5.73 Å². The molecule has 1 aliphatic rings. The van der Waals surface area contributed by atoms with Gasteiger partial charge in [-0.1, -0.05) is 18.2 Å². The predicted octanol–water partition coefficient (Wildman–Crippen LogP) is 1.09. The monoisotopic (exact) mass is 204 g/mol. The Bertz CT molecular complexity index is 374. The topological polar surface area (TPSA) is 46.3 Å². The largest absolute Gasteiger partial charge is 0.335 e. The summed E-state index contributed by atoms with van der Waals surface area (Å²) in [5, 5.41) is 0. The van der Waals surface area contributed by atoms with Gasteiger partial charge >= 0.3 is 0 Å². The molecule has 1 saturated heterocycles. The maximum atomic E-state index is 12.1. The lowest BCUT2D eigenvalue weighted by molar-refractivity contribution is 0.0606. The van der Waals surface area contributed by atoms with E-state index in [4.69, 9.17) is 5.73 Å². The van der Waals surface area contributed by atoms with Crippen molar-refractivity contribution in [1.82, 2.24) is 4.90 Å². The van der Waals surface area contributed by atoms with Crippen LogP contribution in [-0.4, -0.2) is 29.9 Å². The molecule has 15 heavy (non-hydrogen) atoms. The van der Waals surface area contributed by atoms with Gasteiger partial charge < -0.3 is 10.6 Å². The minimum absolute atomic E-state index is 0.118. The maximum Gasteiger partial charge on any atom is 0.254 e. The summed E-state index contributed by atoms with van der Waals surface area (Å²) in [5.41, 5.74) is 8.59. The fourth-order valence-electron chi connectivity index (χ4n) is 1.99. The smallest absolute Gasteiger partial charge is 0.254 e. The van der Waals surface area contributed by atoms with Crippen molar-refractivity contribution in [3.8, 4) is 0 Å². The molecular formula is C12H16N2O. The summed E-state index contributed by atoms with van der Waals surface area (Å²) in [6.45, 7) is 5.32. The molecule has 1 heterocycles. The molecular weight excluding hydrogens is 188 g/mol. The second kappa shape index (κ2) is 3.66. The molecule has 2 N–H and O–H groups in total. The third kappa shape index (κ3) is 1.75. The van der Waals surface area contributed by atoms with E-state index in [1.807, 2.05) is 32.0 Å². The Kier molecular flexibility index (Phi) is 2.49. The highest BCUT2D eigenvalue weighted by atomic mass is 16.2. The number of aryl methyl sites for hydroxylation is 2. The SMILES string of the molecule is Cc1cccc(C)c1C(=O)N1CC(N)C1. The van der Waals surface area contributed by atoms with Crippen molar-refractivity contribution < 1.29 is 4.79 Å². The molecule has 0 aromatic heterocycles. The van der Waals surface area contributed by atoms with Gasteiger partial charge in [-0.05, 0) is 25.0 Å². The summed E-state index contributed by atoms with van der Waals surface area (Å²) in [4.78, 5) is 13.9. The van der Waals surface area contributed by atoms with Crippen molar-refractivity contribution in [1.29, 1.82) is 0 Å². The van der Waals surface area contributed by atoms with Gasteiger partial charge in [-0.2, -0.15) is 0 Å². The molecule has 1 aromatic carbocycles. The Morgan fingerprint density at radius 2 is 1.87 bits per heavy atom. The first-order chi connectivity index (χ1) is 7.09. The average molecular weight is 204 g/mol. The van der Waals surface area contributed by atoms with E-state index in [9.17, 15) is 4.79 Å². The molecule has 0 saturated carbocycles. The molecule has 0 atom stereocenters. The number of benzene rings is 1. The molecule has 2 rings (SSSR count). The normalized spacial score (nSPS) is 16.3. The molecule has 0 aliphatic carbocycles. The van der Waals surface area contributed by atoms with Crippen molar-refractivity contribution in [2.45, 2.75) is 19.9 Å². The quantitative estimate of drug-likeness (QED) is 0.744. The Balaban J connectivity index is 2.26. The third-order valence-corrected chi connectivity index (χ3v) is 2.89. The number of likely N-dealkylation sites (tertiary alicyclic amines) is 1. The first-order valence-electron chi connectivity index (χ1n) is 5.20. The number of carbonyl (C=O) groups is 1. The van der Waals surface area contributed by atoms with Crippen LogP contribution < -0.4 is 5.73 Å². The summed E-state index contributed by atoms with van der Waals surface area (Å²) in [5.74, 6) is 0.118. The maximum absolute atomic E-state index is 12.1. The number of amides is 1. The Hall–Kier alpha value is -1.35. The second-order valence-electron chi connectivity index (χ2n) is 4.24. The number of nitrogens with zero attached hydrogens (tertiary/aromatic N) is 1. The molecule has 1 fully saturated rings. The highest BCUT2D eigenvalue weighted by molar-refractivity contribution is 5.97. The summed E-state index contributed by atoms with van der Waals surface area (Å²) < 4.78 is 0. The van der Waals surface area contributed by atoms with Gasteiger partial charge in [-0.3, -0.25) is 4.79 Å². The van der Waals surface area contributed by atoms with Gasteiger partial charge in [0.2, 0.25) is 0 Å². The molecule has 3 heteroatoms. The lowest BCUT2D eigenvalue weighted by Crippen LogP contribution is -2.58. The van der Waals surface area contributed by atoms with Crippen molar-refractivity contribution in [2.75, 3.05) is 13.1 Å². The molecule has 1 aromatic rings. The number of rotatable bonds is 1. The number of nitrogens with two attached hydrogens (primary N) is 1. The van der Waals surface area contributed by atoms with Gasteiger partial charge in [-0.25, -0.2) is 0 Å². The zero-order valence-electron chi connectivity index (χ0n) is 9.16. The van der Waals surface area contributed by atoms with Gasteiger partial charge in [0.05, 0.1) is 0 Å². The van der Waals surface area contributed by atoms with Crippen LogP contribution in [0.15, 0.2) is 18.2 Å². The fourth-order valence-corrected chi connectivity index (χ4v) is 1.99. The fraction of sp³-hybridized carbons (Fsp3) is 0.417. The van der Waals surface area contributed by atoms with Crippen LogP contribution in [0.4, 0.5) is 0 Å². The van der Waals surface area contributed by atoms with Crippen LogP contribution in [0.3, 0.4) is 0 Å². The van der Waals surface area contributed by atoms with E-state index in [1.165, 1.54) is 0 Å². The highest BCUT2D eigenvalue weighted by Crippen LogP contribution is 2.18. The first kappa shape index (κ1) is 10.2. The zero-order chi connectivity index (χ0) is 11.0. The van der Waals surface area contributed by atoms with E-state index in [1.54, 1.807) is 4.90 Å². The first-order valence-corrected chi connectivity index (χ1v) is 5.20. The molecule has 0 radical (unpaired) electrons. The summed E-state index contributed by atoms with van der Waals surface area (Å²) in [6, 6.07) is 6.08. The Labute approximate surface area is 89.9 Å². The van der Waals surface area contributed by atoms with E-state index in [0.717, 1.165) is 16.7 Å². The van der Waals surface area contributed by atoms with E-state index < -0.39 is 0 Å². The average Bonchev–Trinajstić information content (AvgIpc) is 2.12. The predicted molar refractivity (Wildman–Crippen MR) is 59.8 cm³/mol. The minimum Gasteiger partial charge on any atom is -0.335 e. The zero-order valence-corrected chi connectivity index (χ0v) is 9.16. The van der Waals surface area contributed by atoms with Gasteiger partial charge in [0.15, 0.2) is 0 Å². The molecule has 0 spiro atoms. The van der Waals surface area contributed by atoms with Crippen LogP contribution in [0.1, 0.15) is 21.5 Å². The van der Waals surface area contributed by atoms with Gasteiger partial charge in [-0.15, -0.1) is 0 Å². The molecule has 80 valence electrons. The van der Waals surface area contributed by atoms with Crippen LogP contribution >= 0.6 is 0 Å².